The number of aromatic nitrogens is 2. The monoisotopic (exact) mass is 556 g/mol. The highest BCUT2D eigenvalue weighted by Crippen LogP contribution is 2.39. The molecule has 0 saturated heterocycles. The lowest BCUT2D eigenvalue weighted by atomic mass is 9.93. The Morgan fingerprint density at radius 3 is 1.07 bits per heavy atom. The maximum atomic E-state index is 4.99. The van der Waals surface area contributed by atoms with Crippen molar-refractivity contribution in [3.05, 3.63) is 146 Å². The molecule has 0 aliphatic rings. The first kappa shape index (κ1) is 23.7. The van der Waals surface area contributed by atoms with Gasteiger partial charge in [0.15, 0.2) is 0 Å². The van der Waals surface area contributed by atoms with Crippen LogP contribution in [0.5, 0.6) is 0 Å². The van der Waals surface area contributed by atoms with Crippen LogP contribution in [0.3, 0.4) is 0 Å². The van der Waals surface area contributed by atoms with Crippen LogP contribution < -0.4 is 0 Å². The second-order valence-corrected chi connectivity index (χ2v) is 12.0. The number of nitrogens with zero attached hydrogens (tertiary/aromatic N) is 2. The van der Waals surface area contributed by atoms with Gasteiger partial charge in [-0.1, -0.05) is 72.8 Å². The number of rotatable bonds is 2. The molecule has 2 nitrogen and oxygen atoms in total. The lowest BCUT2D eigenvalue weighted by Crippen LogP contribution is -1.92. The Morgan fingerprint density at radius 2 is 0.636 bits per heavy atom. The molecule has 2 heteroatoms. The van der Waals surface area contributed by atoms with Crippen molar-refractivity contribution < 1.29 is 0 Å². The van der Waals surface area contributed by atoms with Crippen LogP contribution in [-0.4, -0.2) is 9.97 Å². The summed E-state index contributed by atoms with van der Waals surface area (Å²) in [4.78, 5) is 9.98. The molecule has 0 bridgehead atoms. The summed E-state index contributed by atoms with van der Waals surface area (Å²) in [5, 5.41) is 14.6. The molecule has 0 fully saturated rings. The van der Waals surface area contributed by atoms with Crippen LogP contribution in [0.1, 0.15) is 0 Å². The van der Waals surface area contributed by atoms with Crippen LogP contribution in [0.25, 0.3) is 97.9 Å². The Kier molecular flexibility index (Phi) is 4.75. The van der Waals surface area contributed by atoms with Gasteiger partial charge in [-0.15, -0.1) is 0 Å². The van der Waals surface area contributed by atoms with Crippen molar-refractivity contribution in [2.45, 2.75) is 0 Å². The fraction of sp³-hybridized carbons (Fsp3) is 0. The first-order valence-electron chi connectivity index (χ1n) is 15.0. The van der Waals surface area contributed by atoms with E-state index >= 15 is 0 Å². The number of hydrogen-bond donors (Lipinski definition) is 0. The third-order valence-corrected chi connectivity index (χ3v) is 9.31. The molecule has 202 valence electrons. The van der Waals surface area contributed by atoms with Crippen molar-refractivity contribution in [2.75, 3.05) is 0 Å². The standard InChI is InChI=1S/C42H24N2/c1-3-7-27-15-33-17-31(11-9-29(33)13-25(27)5-1)35-19-37-23-44-40-22-36(20-38-24-43-39(21-35)41(37)42(38)40)32-12-10-30-14-26-6-2-4-8-28(26)16-34(30)18-32/h1-24H. The number of hydrogen-bond acceptors (Lipinski definition) is 2. The van der Waals surface area contributed by atoms with Crippen LogP contribution in [0, 0.1) is 0 Å². The highest BCUT2D eigenvalue weighted by atomic mass is 14.7. The van der Waals surface area contributed by atoms with E-state index in [4.69, 9.17) is 9.97 Å². The minimum absolute atomic E-state index is 1.00. The van der Waals surface area contributed by atoms with Crippen molar-refractivity contribution in [2.24, 2.45) is 0 Å². The normalized spacial score (nSPS) is 12.1. The molecule has 0 atom stereocenters. The Balaban J connectivity index is 1.11. The van der Waals surface area contributed by atoms with Crippen molar-refractivity contribution >= 4 is 75.7 Å². The first-order valence-corrected chi connectivity index (χ1v) is 15.0. The summed E-state index contributed by atoms with van der Waals surface area (Å²) in [6.45, 7) is 0. The van der Waals surface area contributed by atoms with Gasteiger partial charge in [-0.3, -0.25) is 9.97 Å². The Hall–Kier alpha value is -5.86. The van der Waals surface area contributed by atoms with Gasteiger partial charge in [0.05, 0.1) is 11.0 Å². The maximum Gasteiger partial charge on any atom is 0.0722 e. The van der Waals surface area contributed by atoms with Gasteiger partial charge >= 0.3 is 0 Å². The number of fused-ring (bicyclic) bond motifs is 4. The molecule has 2 heterocycles. The van der Waals surface area contributed by atoms with Gasteiger partial charge in [0.25, 0.3) is 0 Å². The average Bonchev–Trinajstić information content (AvgIpc) is 3.07. The lowest BCUT2D eigenvalue weighted by molar-refractivity contribution is 1.41. The van der Waals surface area contributed by atoms with E-state index in [1.165, 1.54) is 65.0 Å². The zero-order valence-corrected chi connectivity index (χ0v) is 23.8. The van der Waals surface area contributed by atoms with Gasteiger partial charge in [-0.05, 0) is 126 Å². The summed E-state index contributed by atoms with van der Waals surface area (Å²) < 4.78 is 0. The van der Waals surface area contributed by atoms with E-state index in [-0.39, 0.29) is 0 Å². The van der Waals surface area contributed by atoms with Crippen LogP contribution in [0.2, 0.25) is 0 Å². The molecule has 8 aromatic carbocycles. The Bertz CT molecular complexity index is 2520. The predicted octanol–water partition coefficient (Wildman–Crippen LogP) is 11.3. The smallest absolute Gasteiger partial charge is 0.0722 e. The van der Waals surface area contributed by atoms with Crippen molar-refractivity contribution in [3.63, 3.8) is 0 Å². The van der Waals surface area contributed by atoms with Crippen LogP contribution >= 0.6 is 0 Å². The molecule has 0 unspecified atom stereocenters. The van der Waals surface area contributed by atoms with E-state index in [0.29, 0.717) is 0 Å². The molecule has 10 rings (SSSR count). The van der Waals surface area contributed by atoms with Gasteiger partial charge in [0.1, 0.15) is 0 Å². The van der Waals surface area contributed by atoms with E-state index in [1.807, 2.05) is 12.4 Å². The van der Waals surface area contributed by atoms with E-state index in [2.05, 4.69) is 133 Å². The molecular formula is C42H24N2. The minimum Gasteiger partial charge on any atom is -0.256 e. The van der Waals surface area contributed by atoms with E-state index < -0.39 is 0 Å². The third kappa shape index (κ3) is 3.55. The predicted molar refractivity (Wildman–Crippen MR) is 187 cm³/mol. The van der Waals surface area contributed by atoms with Crippen molar-refractivity contribution in [1.82, 2.24) is 9.97 Å². The van der Waals surface area contributed by atoms with E-state index in [0.717, 1.165) is 32.9 Å². The number of pyridine rings is 2. The second kappa shape index (κ2) is 8.82. The van der Waals surface area contributed by atoms with Crippen molar-refractivity contribution in [3.8, 4) is 22.3 Å². The summed E-state index contributed by atoms with van der Waals surface area (Å²) in [5.74, 6) is 0. The third-order valence-electron chi connectivity index (χ3n) is 9.31. The van der Waals surface area contributed by atoms with Crippen LogP contribution in [0.15, 0.2) is 146 Å². The lowest BCUT2D eigenvalue weighted by Gasteiger charge is -2.14. The summed E-state index contributed by atoms with van der Waals surface area (Å²) in [6.07, 6.45) is 4.03. The SMILES string of the molecule is c1ccc2cc3cc(-c4cc5cnc6cc(-c7ccc8cc9ccccc9cc8c7)cc7cnc(c4)c5c76)ccc3cc2c1. The molecule has 0 aliphatic heterocycles. The van der Waals surface area contributed by atoms with E-state index in [9.17, 15) is 0 Å². The summed E-state index contributed by atoms with van der Waals surface area (Å²) in [5.41, 5.74) is 6.69. The molecule has 0 amide bonds. The van der Waals surface area contributed by atoms with Gasteiger partial charge in [0.2, 0.25) is 0 Å². The highest BCUT2D eigenvalue weighted by molar-refractivity contribution is 6.22. The highest BCUT2D eigenvalue weighted by Gasteiger charge is 2.14. The van der Waals surface area contributed by atoms with Gasteiger partial charge in [-0.25, -0.2) is 0 Å². The summed E-state index contributed by atoms with van der Waals surface area (Å²) >= 11 is 0. The topological polar surface area (TPSA) is 25.8 Å². The summed E-state index contributed by atoms with van der Waals surface area (Å²) in [7, 11) is 0. The molecule has 0 N–H and O–H groups in total. The van der Waals surface area contributed by atoms with Gasteiger partial charge in [0, 0.05) is 33.9 Å². The molecular weight excluding hydrogens is 532 g/mol. The molecule has 44 heavy (non-hydrogen) atoms. The fourth-order valence-corrected chi connectivity index (χ4v) is 7.10. The fourth-order valence-electron chi connectivity index (χ4n) is 7.10. The zero-order valence-electron chi connectivity index (χ0n) is 23.8. The van der Waals surface area contributed by atoms with Crippen LogP contribution in [0.4, 0.5) is 0 Å². The Morgan fingerprint density at radius 1 is 0.273 bits per heavy atom. The quantitative estimate of drug-likeness (QED) is 0.156. The largest absolute Gasteiger partial charge is 0.256 e. The zero-order chi connectivity index (χ0) is 28.8. The minimum atomic E-state index is 1.00. The second-order valence-electron chi connectivity index (χ2n) is 12.0. The maximum absolute atomic E-state index is 4.99. The number of benzene rings is 8. The molecule has 0 saturated carbocycles. The summed E-state index contributed by atoms with van der Waals surface area (Å²) in [6, 6.07) is 48.7. The Labute approximate surface area is 253 Å². The molecule has 0 radical (unpaired) electrons. The van der Waals surface area contributed by atoms with Crippen LogP contribution in [-0.2, 0) is 0 Å². The molecule has 0 aliphatic carbocycles. The molecule has 10 aromatic rings. The van der Waals surface area contributed by atoms with Gasteiger partial charge < -0.3 is 0 Å². The average molecular weight is 557 g/mol. The molecule has 0 spiro atoms. The first-order chi connectivity index (χ1) is 21.7. The molecule has 2 aromatic heterocycles. The van der Waals surface area contributed by atoms with E-state index in [1.54, 1.807) is 0 Å². The van der Waals surface area contributed by atoms with Crippen molar-refractivity contribution in [1.29, 1.82) is 0 Å². The van der Waals surface area contributed by atoms with Gasteiger partial charge in [-0.2, -0.15) is 0 Å².